The number of halogens is 1. The van der Waals surface area contributed by atoms with Crippen molar-refractivity contribution in [2.45, 2.75) is 39.7 Å². The van der Waals surface area contributed by atoms with E-state index >= 15 is 0 Å². The monoisotopic (exact) mass is 483 g/mol. The summed E-state index contributed by atoms with van der Waals surface area (Å²) in [6.07, 6.45) is 1.90. The van der Waals surface area contributed by atoms with Crippen LogP contribution in [0.2, 0.25) is 5.02 Å². The van der Waals surface area contributed by atoms with Gasteiger partial charge in [-0.05, 0) is 64.2 Å². The Bertz CT molecular complexity index is 1210. The highest BCUT2D eigenvalue weighted by Crippen LogP contribution is 2.27. The van der Waals surface area contributed by atoms with Crippen molar-refractivity contribution >= 4 is 28.5 Å². The predicted molar refractivity (Wildman–Crippen MR) is 139 cm³/mol. The van der Waals surface area contributed by atoms with Gasteiger partial charge in [0.15, 0.2) is 0 Å². The number of benzene rings is 2. The number of fused-ring (bicyclic) bond motifs is 1. The van der Waals surface area contributed by atoms with Gasteiger partial charge in [0.1, 0.15) is 5.82 Å². The molecule has 0 fully saturated rings. The lowest BCUT2D eigenvalue weighted by Gasteiger charge is -2.31. The van der Waals surface area contributed by atoms with E-state index in [9.17, 15) is 9.59 Å². The molecule has 2 amide bonds. The van der Waals surface area contributed by atoms with Gasteiger partial charge in [0, 0.05) is 24.7 Å². The number of nitrogens with one attached hydrogen (secondary N) is 1. The molecule has 1 aromatic heterocycles. The van der Waals surface area contributed by atoms with Crippen LogP contribution in [0.4, 0.5) is 4.79 Å². The first-order valence-corrected chi connectivity index (χ1v) is 12.1. The van der Waals surface area contributed by atoms with Crippen molar-refractivity contribution in [1.82, 2.24) is 24.7 Å². The van der Waals surface area contributed by atoms with Gasteiger partial charge in [-0.2, -0.15) is 0 Å². The number of para-hydroxylation sites is 1. The van der Waals surface area contributed by atoms with E-state index in [2.05, 4.69) is 12.2 Å². The van der Waals surface area contributed by atoms with Crippen LogP contribution in [0.3, 0.4) is 0 Å². The Labute approximate surface area is 206 Å². The Balaban J connectivity index is 2.19. The van der Waals surface area contributed by atoms with Crippen LogP contribution in [-0.2, 0) is 0 Å². The van der Waals surface area contributed by atoms with Gasteiger partial charge >= 0.3 is 6.03 Å². The Hall–Kier alpha value is -2.90. The minimum atomic E-state index is -0.461. The fourth-order valence-corrected chi connectivity index (χ4v) is 4.06. The summed E-state index contributed by atoms with van der Waals surface area (Å²) in [5, 5.41) is 4.11. The molecule has 3 aromatic rings. The summed E-state index contributed by atoms with van der Waals surface area (Å²) in [5.41, 5.74) is 1.86. The molecule has 7 nitrogen and oxygen atoms in total. The SMILES string of the molecule is CCCCNC(=O)N(CCN(C)C)C(C)c1nc2ccccc2c(=O)n1-c1cccc(Cl)c1C. The topological polar surface area (TPSA) is 70.5 Å². The molecule has 1 unspecified atom stereocenters. The third kappa shape index (κ3) is 5.59. The molecule has 0 aliphatic carbocycles. The molecule has 1 atom stereocenters. The molecule has 1 N–H and O–H groups in total. The molecular formula is C26H34ClN5O2. The molecule has 0 spiro atoms. The maximum atomic E-state index is 13.7. The molecule has 0 aliphatic heterocycles. The van der Waals surface area contributed by atoms with Crippen molar-refractivity contribution in [3.05, 3.63) is 69.2 Å². The summed E-state index contributed by atoms with van der Waals surface area (Å²) < 4.78 is 1.61. The first kappa shape index (κ1) is 25.7. The summed E-state index contributed by atoms with van der Waals surface area (Å²) in [4.78, 5) is 35.6. The van der Waals surface area contributed by atoms with Gasteiger partial charge in [0.2, 0.25) is 0 Å². The van der Waals surface area contributed by atoms with Crippen LogP contribution in [0.1, 0.15) is 44.1 Å². The molecule has 3 rings (SSSR count). The highest BCUT2D eigenvalue weighted by molar-refractivity contribution is 6.31. The molecule has 0 radical (unpaired) electrons. The fraction of sp³-hybridized carbons (Fsp3) is 0.423. The number of carbonyl (C=O) groups excluding carboxylic acids is 1. The molecule has 2 aromatic carbocycles. The summed E-state index contributed by atoms with van der Waals surface area (Å²) >= 11 is 6.42. The van der Waals surface area contributed by atoms with Gasteiger partial charge in [0.05, 0.1) is 22.6 Å². The van der Waals surface area contributed by atoms with Gasteiger partial charge < -0.3 is 15.1 Å². The van der Waals surface area contributed by atoms with E-state index < -0.39 is 6.04 Å². The van der Waals surface area contributed by atoms with E-state index in [-0.39, 0.29) is 11.6 Å². The Morgan fingerprint density at radius 2 is 1.88 bits per heavy atom. The van der Waals surface area contributed by atoms with E-state index in [4.69, 9.17) is 16.6 Å². The van der Waals surface area contributed by atoms with E-state index in [1.807, 2.05) is 63.2 Å². The molecule has 8 heteroatoms. The van der Waals surface area contributed by atoms with Crippen molar-refractivity contribution in [3.63, 3.8) is 0 Å². The van der Waals surface area contributed by atoms with Crippen LogP contribution >= 0.6 is 11.6 Å². The largest absolute Gasteiger partial charge is 0.338 e. The third-order valence-electron chi connectivity index (χ3n) is 5.98. The maximum absolute atomic E-state index is 13.7. The number of urea groups is 1. The lowest BCUT2D eigenvalue weighted by Crippen LogP contribution is -2.46. The minimum Gasteiger partial charge on any atom is -0.338 e. The predicted octanol–water partition coefficient (Wildman–Crippen LogP) is 4.78. The average molecular weight is 484 g/mol. The normalized spacial score (nSPS) is 12.2. The molecule has 182 valence electrons. The van der Waals surface area contributed by atoms with E-state index in [1.54, 1.807) is 21.6 Å². The van der Waals surface area contributed by atoms with Crippen molar-refractivity contribution in [2.75, 3.05) is 33.7 Å². The first-order valence-electron chi connectivity index (χ1n) is 11.7. The molecule has 34 heavy (non-hydrogen) atoms. The minimum absolute atomic E-state index is 0.167. The second-order valence-corrected chi connectivity index (χ2v) is 9.18. The number of hydrogen-bond donors (Lipinski definition) is 1. The number of carbonyl (C=O) groups is 1. The zero-order chi connectivity index (χ0) is 24.8. The quantitative estimate of drug-likeness (QED) is 0.444. The highest BCUT2D eigenvalue weighted by atomic mass is 35.5. The highest BCUT2D eigenvalue weighted by Gasteiger charge is 2.27. The summed E-state index contributed by atoms with van der Waals surface area (Å²) in [7, 11) is 3.94. The van der Waals surface area contributed by atoms with Gasteiger partial charge in [-0.3, -0.25) is 9.36 Å². The van der Waals surface area contributed by atoms with Crippen LogP contribution in [0, 0.1) is 6.92 Å². The van der Waals surface area contributed by atoms with Crippen LogP contribution in [0.25, 0.3) is 16.6 Å². The van der Waals surface area contributed by atoms with Crippen molar-refractivity contribution in [2.24, 2.45) is 0 Å². The van der Waals surface area contributed by atoms with Gasteiger partial charge in [0.25, 0.3) is 5.56 Å². The average Bonchev–Trinajstić information content (AvgIpc) is 2.81. The van der Waals surface area contributed by atoms with Crippen molar-refractivity contribution in [3.8, 4) is 5.69 Å². The van der Waals surface area contributed by atoms with Gasteiger partial charge in [-0.1, -0.05) is 43.1 Å². The Kier molecular flexibility index (Phi) is 8.69. The number of likely N-dealkylation sites (N-methyl/N-ethyl adjacent to an activating group) is 1. The van der Waals surface area contributed by atoms with Gasteiger partial charge in [-0.25, -0.2) is 9.78 Å². The lowest BCUT2D eigenvalue weighted by atomic mass is 10.1. The number of unbranched alkanes of at least 4 members (excludes halogenated alkanes) is 1. The lowest BCUT2D eigenvalue weighted by molar-refractivity contribution is 0.168. The molecule has 0 aliphatic rings. The van der Waals surface area contributed by atoms with Crippen LogP contribution in [0.15, 0.2) is 47.3 Å². The number of aromatic nitrogens is 2. The number of rotatable bonds is 9. The number of amides is 2. The van der Waals surface area contributed by atoms with Crippen molar-refractivity contribution in [1.29, 1.82) is 0 Å². The van der Waals surface area contributed by atoms with Crippen LogP contribution in [-0.4, -0.2) is 59.1 Å². The molecule has 0 bridgehead atoms. The fourth-order valence-electron chi connectivity index (χ4n) is 3.89. The summed E-state index contributed by atoms with van der Waals surface area (Å²) in [6, 6.07) is 12.1. The second kappa shape index (κ2) is 11.5. The van der Waals surface area contributed by atoms with Crippen LogP contribution in [0.5, 0.6) is 0 Å². The summed E-state index contributed by atoms with van der Waals surface area (Å²) in [5.74, 6) is 0.499. The van der Waals surface area contributed by atoms with E-state index in [1.165, 1.54) is 0 Å². The molecular weight excluding hydrogens is 450 g/mol. The Morgan fingerprint density at radius 3 is 2.59 bits per heavy atom. The molecule has 1 heterocycles. The zero-order valence-corrected chi connectivity index (χ0v) is 21.4. The Morgan fingerprint density at radius 1 is 1.15 bits per heavy atom. The summed E-state index contributed by atoms with van der Waals surface area (Å²) in [6.45, 7) is 7.66. The maximum Gasteiger partial charge on any atom is 0.318 e. The van der Waals surface area contributed by atoms with E-state index in [0.717, 1.165) is 18.4 Å². The van der Waals surface area contributed by atoms with E-state index in [0.29, 0.717) is 47.1 Å². The first-order chi connectivity index (χ1) is 16.3. The third-order valence-corrected chi connectivity index (χ3v) is 6.39. The standard InChI is InChI=1S/C26H34ClN5O2/c1-6-7-15-28-26(34)31(17-16-30(4)5)19(3)24-29-22-13-9-8-11-20(22)25(33)32(24)23-14-10-12-21(27)18(23)2/h8-14,19H,6-7,15-17H2,1-5H3,(H,28,34). The zero-order valence-electron chi connectivity index (χ0n) is 20.6. The molecule has 0 saturated heterocycles. The smallest absolute Gasteiger partial charge is 0.318 e. The van der Waals surface area contributed by atoms with Gasteiger partial charge in [-0.15, -0.1) is 0 Å². The number of nitrogens with zero attached hydrogens (tertiary/aromatic N) is 4. The molecule has 0 saturated carbocycles. The van der Waals surface area contributed by atoms with Crippen molar-refractivity contribution < 1.29 is 4.79 Å². The number of hydrogen-bond acceptors (Lipinski definition) is 4. The van der Waals surface area contributed by atoms with Crippen LogP contribution < -0.4 is 10.9 Å². The second-order valence-electron chi connectivity index (χ2n) is 8.77.